The second-order valence-corrected chi connectivity index (χ2v) is 7.71. The molecule has 0 radical (unpaired) electrons. The Bertz CT molecular complexity index is 706. The summed E-state index contributed by atoms with van der Waals surface area (Å²) in [5.41, 5.74) is -0.0870. The smallest absolute Gasteiger partial charge is 0.311 e. The number of thiazole rings is 1. The van der Waals surface area contributed by atoms with Crippen LogP contribution in [0.15, 0.2) is 9.90 Å². The molecule has 0 aliphatic rings. The molecule has 24 heavy (non-hydrogen) atoms. The van der Waals surface area contributed by atoms with E-state index in [2.05, 4.69) is 15.1 Å². The minimum Gasteiger partial charge on any atom is -0.469 e. The van der Waals surface area contributed by atoms with Gasteiger partial charge < -0.3 is 14.0 Å². The van der Waals surface area contributed by atoms with Crippen molar-refractivity contribution in [3.63, 3.8) is 0 Å². The average Bonchev–Trinajstić information content (AvgIpc) is 3.14. The lowest BCUT2D eigenvalue weighted by Crippen LogP contribution is -2.28. The van der Waals surface area contributed by atoms with Crippen LogP contribution >= 0.6 is 11.3 Å². The zero-order valence-electron chi connectivity index (χ0n) is 14.9. The lowest BCUT2D eigenvalue weighted by Gasteiger charge is -2.21. The number of carbonyl (C=O) groups excluding carboxylic acids is 1. The van der Waals surface area contributed by atoms with Crippen LogP contribution in [-0.2, 0) is 27.1 Å². The summed E-state index contributed by atoms with van der Waals surface area (Å²) in [6.07, 6.45) is 1.00. The first-order valence-electron chi connectivity index (χ1n) is 7.58. The van der Waals surface area contributed by atoms with E-state index in [-0.39, 0.29) is 11.6 Å². The van der Waals surface area contributed by atoms with E-state index in [1.54, 1.807) is 21.0 Å². The highest BCUT2D eigenvalue weighted by Gasteiger charge is 2.31. The van der Waals surface area contributed by atoms with Crippen LogP contribution in [0, 0.1) is 5.41 Å². The molecule has 2 rings (SSSR count). The van der Waals surface area contributed by atoms with Crippen LogP contribution in [-0.4, -0.2) is 40.9 Å². The second kappa shape index (κ2) is 6.98. The Morgan fingerprint density at radius 1 is 1.21 bits per heavy atom. The van der Waals surface area contributed by atoms with Crippen molar-refractivity contribution in [2.45, 2.75) is 46.1 Å². The predicted molar refractivity (Wildman–Crippen MR) is 89.7 cm³/mol. The quantitative estimate of drug-likeness (QED) is 0.707. The zero-order valence-corrected chi connectivity index (χ0v) is 15.7. The predicted octanol–water partition coefficient (Wildman–Crippen LogP) is 2.90. The van der Waals surface area contributed by atoms with Crippen molar-refractivity contribution in [3.8, 4) is 10.8 Å². The van der Waals surface area contributed by atoms with Crippen molar-refractivity contribution < 1.29 is 18.8 Å². The van der Waals surface area contributed by atoms with Crippen molar-refractivity contribution in [2.24, 2.45) is 5.41 Å². The average molecular weight is 353 g/mol. The first kappa shape index (κ1) is 18.5. The van der Waals surface area contributed by atoms with Crippen LogP contribution in [0.1, 0.15) is 39.3 Å². The number of hydrogen-bond donors (Lipinski definition) is 0. The van der Waals surface area contributed by atoms with Gasteiger partial charge in [-0.25, -0.2) is 4.98 Å². The Morgan fingerprint density at radius 2 is 1.92 bits per heavy atom. The fraction of sp³-hybridized carbons (Fsp3) is 0.625. The van der Waals surface area contributed by atoms with Crippen molar-refractivity contribution in [3.05, 3.63) is 17.0 Å². The monoisotopic (exact) mass is 353 g/mol. The highest BCUT2D eigenvalue weighted by atomic mass is 32.1. The molecule has 0 aliphatic heterocycles. The first-order valence-corrected chi connectivity index (χ1v) is 8.46. The van der Waals surface area contributed by atoms with E-state index in [0.717, 1.165) is 5.69 Å². The third kappa shape index (κ3) is 4.39. The fourth-order valence-corrected chi connectivity index (χ4v) is 2.88. The van der Waals surface area contributed by atoms with E-state index >= 15 is 0 Å². The van der Waals surface area contributed by atoms with Crippen LogP contribution in [0.4, 0.5) is 0 Å². The van der Waals surface area contributed by atoms with Gasteiger partial charge in [-0.2, -0.15) is 4.98 Å². The van der Waals surface area contributed by atoms with Gasteiger partial charge in [-0.05, 0) is 27.7 Å². The molecule has 7 nitrogen and oxygen atoms in total. The van der Waals surface area contributed by atoms with Crippen molar-refractivity contribution in [1.29, 1.82) is 0 Å². The molecule has 132 valence electrons. The van der Waals surface area contributed by atoms with Crippen molar-refractivity contribution >= 4 is 17.3 Å². The Hall–Kier alpha value is -1.80. The number of rotatable bonds is 7. The summed E-state index contributed by atoms with van der Waals surface area (Å²) in [7, 11) is 3.05. The molecular weight excluding hydrogens is 330 g/mol. The molecule has 2 aromatic heterocycles. The van der Waals surface area contributed by atoms with Gasteiger partial charge in [-0.1, -0.05) is 5.16 Å². The standard InChI is InChI=1S/C16H23N3O4S/c1-15(2,14(20)21-5)8-11-18-12(19-23-11)13-17-10(9-24-13)7-16(3,4)22-6/h9H,7-8H2,1-6H3. The van der Waals surface area contributed by atoms with Crippen LogP contribution < -0.4 is 0 Å². The van der Waals surface area contributed by atoms with Crippen LogP contribution in [0.5, 0.6) is 0 Å². The molecule has 0 N–H and O–H groups in total. The molecule has 0 spiro atoms. The van der Waals surface area contributed by atoms with Crippen molar-refractivity contribution in [1.82, 2.24) is 15.1 Å². The maximum Gasteiger partial charge on any atom is 0.311 e. The largest absolute Gasteiger partial charge is 0.469 e. The van der Waals surface area contributed by atoms with E-state index in [1.165, 1.54) is 18.4 Å². The fourth-order valence-electron chi connectivity index (χ4n) is 2.14. The number of ether oxygens (including phenoxy) is 2. The molecule has 0 aromatic carbocycles. The molecule has 0 unspecified atom stereocenters. The third-order valence-electron chi connectivity index (χ3n) is 3.70. The molecular formula is C16H23N3O4S. The topological polar surface area (TPSA) is 87.3 Å². The van der Waals surface area contributed by atoms with Gasteiger partial charge in [0.05, 0.1) is 23.8 Å². The maximum atomic E-state index is 11.7. The summed E-state index contributed by atoms with van der Waals surface area (Å²) in [6, 6.07) is 0. The van der Waals surface area contributed by atoms with Gasteiger partial charge in [0.2, 0.25) is 11.7 Å². The first-order chi connectivity index (χ1) is 11.2. The molecule has 0 saturated heterocycles. The summed E-state index contributed by atoms with van der Waals surface area (Å²) < 4.78 is 15.5. The van der Waals surface area contributed by atoms with E-state index in [4.69, 9.17) is 14.0 Å². The minimum absolute atomic E-state index is 0.279. The van der Waals surface area contributed by atoms with Gasteiger partial charge in [0, 0.05) is 25.3 Å². The van der Waals surface area contributed by atoms with E-state index < -0.39 is 5.41 Å². The Labute approximate surface area is 145 Å². The van der Waals surface area contributed by atoms with E-state index in [0.29, 0.717) is 29.6 Å². The molecule has 0 fully saturated rings. The minimum atomic E-state index is -0.727. The van der Waals surface area contributed by atoms with Gasteiger partial charge in [-0.15, -0.1) is 11.3 Å². The highest BCUT2D eigenvalue weighted by molar-refractivity contribution is 7.13. The lowest BCUT2D eigenvalue weighted by atomic mass is 9.89. The molecule has 0 atom stereocenters. The van der Waals surface area contributed by atoms with E-state index in [9.17, 15) is 4.79 Å². The summed E-state index contributed by atoms with van der Waals surface area (Å²) >= 11 is 1.45. The third-order valence-corrected chi connectivity index (χ3v) is 4.59. The Morgan fingerprint density at radius 3 is 2.54 bits per heavy atom. The molecule has 2 heterocycles. The summed E-state index contributed by atoms with van der Waals surface area (Å²) in [6.45, 7) is 7.56. The molecule has 0 saturated carbocycles. The molecule has 0 bridgehead atoms. The Kier molecular flexibility index (Phi) is 5.39. The number of hydrogen-bond acceptors (Lipinski definition) is 8. The molecule has 8 heteroatoms. The maximum absolute atomic E-state index is 11.7. The number of carbonyl (C=O) groups is 1. The highest BCUT2D eigenvalue weighted by Crippen LogP contribution is 2.27. The van der Waals surface area contributed by atoms with Crippen molar-refractivity contribution in [2.75, 3.05) is 14.2 Å². The summed E-state index contributed by atoms with van der Waals surface area (Å²) in [4.78, 5) is 20.6. The summed E-state index contributed by atoms with van der Waals surface area (Å²) in [5, 5.41) is 6.61. The van der Waals surface area contributed by atoms with Gasteiger partial charge >= 0.3 is 5.97 Å². The number of methoxy groups -OCH3 is 2. The van der Waals surface area contributed by atoms with Crippen LogP contribution in [0.2, 0.25) is 0 Å². The number of esters is 1. The number of nitrogens with zero attached hydrogens (tertiary/aromatic N) is 3. The second-order valence-electron chi connectivity index (χ2n) is 6.85. The SMILES string of the molecule is COC(=O)C(C)(C)Cc1nc(-c2nc(CC(C)(C)OC)cs2)no1. The molecule has 2 aromatic rings. The summed E-state index contributed by atoms with van der Waals surface area (Å²) in [5.74, 6) is 0.493. The molecule has 0 aliphatic carbocycles. The normalized spacial score (nSPS) is 12.4. The zero-order chi connectivity index (χ0) is 18.0. The van der Waals surface area contributed by atoms with Gasteiger partial charge in [0.25, 0.3) is 0 Å². The number of aromatic nitrogens is 3. The van der Waals surface area contributed by atoms with Gasteiger partial charge in [-0.3, -0.25) is 4.79 Å². The van der Waals surface area contributed by atoms with Crippen LogP contribution in [0.25, 0.3) is 10.8 Å². The van der Waals surface area contributed by atoms with E-state index in [1.807, 2.05) is 19.2 Å². The van der Waals surface area contributed by atoms with Crippen LogP contribution in [0.3, 0.4) is 0 Å². The molecule has 0 amide bonds. The lowest BCUT2D eigenvalue weighted by molar-refractivity contribution is -0.150. The van der Waals surface area contributed by atoms with Gasteiger partial charge in [0.15, 0.2) is 5.01 Å². The van der Waals surface area contributed by atoms with Gasteiger partial charge in [0.1, 0.15) is 0 Å². The Balaban J connectivity index is 2.11.